The molecule has 2 amide bonds. The van der Waals surface area contributed by atoms with Gasteiger partial charge in [0.05, 0.1) is 14.2 Å². The van der Waals surface area contributed by atoms with Crippen LogP contribution < -0.4 is 9.47 Å². The fourth-order valence-electron chi connectivity index (χ4n) is 3.54. The molecule has 1 fully saturated rings. The molecule has 1 heterocycles. The molecule has 2 aromatic rings. The summed E-state index contributed by atoms with van der Waals surface area (Å²) in [7, 11) is 3.08. The van der Waals surface area contributed by atoms with E-state index in [1.54, 1.807) is 23.1 Å². The number of aryl methyl sites for hydroxylation is 2. The van der Waals surface area contributed by atoms with Crippen molar-refractivity contribution in [2.45, 2.75) is 19.8 Å². The average Bonchev–Trinajstić information content (AvgIpc) is 2.77. The number of benzene rings is 2. The first-order valence-corrected chi connectivity index (χ1v) is 9.87. The molecule has 0 atom stereocenters. The van der Waals surface area contributed by atoms with Gasteiger partial charge < -0.3 is 19.3 Å². The first-order chi connectivity index (χ1) is 14.0. The Bertz CT molecular complexity index is 833. The summed E-state index contributed by atoms with van der Waals surface area (Å²) >= 11 is 0. The third-order valence-corrected chi connectivity index (χ3v) is 5.31. The molecular formula is C23H28N2O4. The maximum atomic E-state index is 13.0. The van der Waals surface area contributed by atoms with Crippen LogP contribution in [0.15, 0.2) is 42.5 Å². The Morgan fingerprint density at radius 2 is 1.41 bits per heavy atom. The second kappa shape index (κ2) is 9.45. The number of carbonyl (C=O) groups excluding carboxylic acids is 2. The van der Waals surface area contributed by atoms with Gasteiger partial charge in [-0.05, 0) is 31.0 Å². The van der Waals surface area contributed by atoms with Crippen LogP contribution in [0.2, 0.25) is 0 Å². The predicted octanol–water partition coefficient (Wildman–Crippen LogP) is 2.93. The Kier molecular flexibility index (Phi) is 6.75. The lowest BCUT2D eigenvalue weighted by molar-refractivity contribution is -0.132. The van der Waals surface area contributed by atoms with Crippen molar-refractivity contribution < 1.29 is 19.1 Å². The quantitative estimate of drug-likeness (QED) is 0.753. The molecule has 1 aliphatic heterocycles. The second-order valence-electron chi connectivity index (χ2n) is 7.20. The summed E-state index contributed by atoms with van der Waals surface area (Å²) in [6, 6.07) is 13.6. The van der Waals surface area contributed by atoms with Gasteiger partial charge in [0.1, 0.15) is 17.1 Å². The van der Waals surface area contributed by atoms with Crippen molar-refractivity contribution in [1.29, 1.82) is 0 Å². The van der Waals surface area contributed by atoms with Crippen molar-refractivity contribution in [2.75, 3.05) is 40.4 Å². The van der Waals surface area contributed by atoms with Crippen LogP contribution in [0.1, 0.15) is 27.9 Å². The fraction of sp³-hybridized carbons (Fsp3) is 0.391. The number of nitrogens with zero attached hydrogens (tertiary/aromatic N) is 2. The molecule has 0 bridgehead atoms. The van der Waals surface area contributed by atoms with E-state index in [0.717, 1.165) is 6.42 Å². The summed E-state index contributed by atoms with van der Waals surface area (Å²) in [5, 5.41) is 0. The summed E-state index contributed by atoms with van der Waals surface area (Å²) in [5.41, 5.74) is 2.81. The van der Waals surface area contributed by atoms with Crippen LogP contribution in [0.5, 0.6) is 11.5 Å². The van der Waals surface area contributed by atoms with Gasteiger partial charge >= 0.3 is 0 Å². The highest BCUT2D eigenvalue weighted by Crippen LogP contribution is 2.29. The van der Waals surface area contributed by atoms with Crippen molar-refractivity contribution in [2.24, 2.45) is 0 Å². The number of hydrogen-bond acceptors (Lipinski definition) is 4. The van der Waals surface area contributed by atoms with Gasteiger partial charge in [-0.15, -0.1) is 0 Å². The highest BCUT2D eigenvalue weighted by atomic mass is 16.5. The van der Waals surface area contributed by atoms with Crippen LogP contribution in [0, 0.1) is 6.92 Å². The maximum Gasteiger partial charge on any atom is 0.261 e. The van der Waals surface area contributed by atoms with Crippen LogP contribution >= 0.6 is 0 Å². The molecule has 1 saturated heterocycles. The van der Waals surface area contributed by atoms with Gasteiger partial charge in [-0.1, -0.05) is 35.9 Å². The number of amides is 2. The molecule has 0 unspecified atom stereocenters. The molecule has 154 valence electrons. The molecule has 0 aliphatic carbocycles. The summed E-state index contributed by atoms with van der Waals surface area (Å²) in [6.07, 6.45) is 1.22. The SMILES string of the molecule is COc1cccc(OC)c1C(=O)N1CCN(C(=O)CCc2ccc(C)cc2)CC1. The first-order valence-electron chi connectivity index (χ1n) is 9.87. The molecule has 0 aromatic heterocycles. The summed E-state index contributed by atoms with van der Waals surface area (Å²) in [4.78, 5) is 29.2. The van der Waals surface area contributed by atoms with Crippen molar-refractivity contribution in [3.8, 4) is 11.5 Å². The Balaban J connectivity index is 1.57. The van der Waals surface area contributed by atoms with Gasteiger partial charge in [0.2, 0.25) is 5.91 Å². The highest BCUT2D eigenvalue weighted by Gasteiger charge is 2.28. The van der Waals surface area contributed by atoms with Gasteiger partial charge in [-0.25, -0.2) is 0 Å². The largest absolute Gasteiger partial charge is 0.496 e. The Morgan fingerprint density at radius 1 is 0.862 bits per heavy atom. The van der Waals surface area contributed by atoms with Crippen LogP contribution in [0.25, 0.3) is 0 Å². The van der Waals surface area contributed by atoms with E-state index in [1.165, 1.54) is 25.3 Å². The van der Waals surface area contributed by atoms with Gasteiger partial charge in [-0.2, -0.15) is 0 Å². The smallest absolute Gasteiger partial charge is 0.261 e. The van der Waals surface area contributed by atoms with Gasteiger partial charge in [0, 0.05) is 32.6 Å². The third kappa shape index (κ3) is 4.88. The summed E-state index contributed by atoms with van der Waals surface area (Å²) in [6.45, 7) is 4.12. The topological polar surface area (TPSA) is 59.1 Å². The minimum absolute atomic E-state index is 0.132. The number of piperazine rings is 1. The minimum Gasteiger partial charge on any atom is -0.496 e. The fourth-order valence-corrected chi connectivity index (χ4v) is 3.54. The van der Waals surface area contributed by atoms with Gasteiger partial charge in [0.25, 0.3) is 5.91 Å². The molecule has 1 aliphatic rings. The molecule has 29 heavy (non-hydrogen) atoms. The number of hydrogen-bond donors (Lipinski definition) is 0. The minimum atomic E-state index is -0.133. The number of carbonyl (C=O) groups is 2. The number of rotatable bonds is 6. The zero-order valence-corrected chi connectivity index (χ0v) is 17.3. The van der Waals surface area contributed by atoms with E-state index in [4.69, 9.17) is 9.47 Å². The molecule has 2 aromatic carbocycles. The molecule has 0 saturated carbocycles. The third-order valence-electron chi connectivity index (χ3n) is 5.31. The van der Waals surface area contributed by atoms with Crippen LogP contribution in [-0.4, -0.2) is 62.0 Å². The number of ether oxygens (including phenoxy) is 2. The molecule has 0 radical (unpaired) electrons. The Labute approximate surface area is 172 Å². The zero-order valence-electron chi connectivity index (χ0n) is 17.3. The van der Waals surface area contributed by atoms with E-state index in [1.807, 2.05) is 4.90 Å². The molecule has 0 spiro atoms. The normalized spacial score (nSPS) is 13.9. The van der Waals surface area contributed by atoms with Crippen LogP contribution in [0.4, 0.5) is 0 Å². The van der Waals surface area contributed by atoms with E-state index in [0.29, 0.717) is 49.7 Å². The van der Waals surface area contributed by atoms with Crippen LogP contribution in [-0.2, 0) is 11.2 Å². The van der Waals surface area contributed by atoms with Gasteiger partial charge in [0.15, 0.2) is 0 Å². The summed E-state index contributed by atoms with van der Waals surface area (Å²) in [5.74, 6) is 0.982. The lowest BCUT2D eigenvalue weighted by atomic mass is 10.1. The van der Waals surface area contributed by atoms with E-state index < -0.39 is 0 Å². The lowest BCUT2D eigenvalue weighted by Gasteiger charge is -2.35. The van der Waals surface area contributed by atoms with Crippen molar-refractivity contribution in [3.05, 3.63) is 59.2 Å². The number of methoxy groups -OCH3 is 2. The monoisotopic (exact) mass is 396 g/mol. The predicted molar refractivity (Wildman–Crippen MR) is 112 cm³/mol. The van der Waals surface area contributed by atoms with Crippen molar-refractivity contribution in [1.82, 2.24) is 9.80 Å². The molecule has 3 rings (SSSR count). The molecule has 0 N–H and O–H groups in total. The van der Waals surface area contributed by atoms with E-state index in [2.05, 4.69) is 31.2 Å². The van der Waals surface area contributed by atoms with E-state index >= 15 is 0 Å². The van der Waals surface area contributed by atoms with Crippen LogP contribution in [0.3, 0.4) is 0 Å². The maximum absolute atomic E-state index is 13.0. The Hall–Kier alpha value is -3.02. The van der Waals surface area contributed by atoms with E-state index in [-0.39, 0.29) is 11.8 Å². The first kappa shape index (κ1) is 20.7. The highest BCUT2D eigenvalue weighted by molar-refractivity contribution is 6.00. The van der Waals surface area contributed by atoms with Crippen molar-refractivity contribution in [3.63, 3.8) is 0 Å². The molecular weight excluding hydrogens is 368 g/mol. The standard InChI is InChI=1S/C23H28N2O4/c1-17-7-9-18(10-8-17)11-12-21(26)24-13-15-25(16-14-24)23(27)22-19(28-2)5-4-6-20(22)29-3/h4-10H,11-16H2,1-3H3. The zero-order chi connectivity index (χ0) is 20.8. The second-order valence-corrected chi connectivity index (χ2v) is 7.20. The lowest BCUT2D eigenvalue weighted by Crippen LogP contribution is -2.50. The summed E-state index contributed by atoms with van der Waals surface area (Å²) < 4.78 is 10.7. The Morgan fingerprint density at radius 3 is 1.97 bits per heavy atom. The molecule has 6 nitrogen and oxygen atoms in total. The van der Waals surface area contributed by atoms with E-state index in [9.17, 15) is 9.59 Å². The molecule has 6 heteroatoms. The van der Waals surface area contributed by atoms with Crippen molar-refractivity contribution >= 4 is 11.8 Å². The van der Waals surface area contributed by atoms with Gasteiger partial charge in [-0.3, -0.25) is 9.59 Å². The average molecular weight is 396 g/mol.